The lowest BCUT2D eigenvalue weighted by atomic mass is 10.1. The SMILES string of the molecule is CCOC(=O)c1cccc(Nc2nc3cc(C4=NNNN4)ccc3c3sccc23)c1. The highest BCUT2D eigenvalue weighted by atomic mass is 32.1. The van der Waals surface area contributed by atoms with E-state index in [4.69, 9.17) is 9.72 Å². The van der Waals surface area contributed by atoms with Crippen LogP contribution in [0, 0.1) is 0 Å². The van der Waals surface area contributed by atoms with E-state index in [0.717, 1.165) is 38.1 Å². The van der Waals surface area contributed by atoms with Gasteiger partial charge in [-0.2, -0.15) is 0 Å². The van der Waals surface area contributed by atoms with Crippen LogP contribution < -0.4 is 21.8 Å². The van der Waals surface area contributed by atoms with E-state index in [9.17, 15) is 4.79 Å². The molecule has 0 saturated carbocycles. The lowest BCUT2D eigenvalue weighted by Crippen LogP contribution is -2.35. The van der Waals surface area contributed by atoms with E-state index in [2.05, 4.69) is 38.4 Å². The van der Waals surface area contributed by atoms with Gasteiger partial charge in [-0.05, 0) is 42.6 Å². The number of amidine groups is 1. The van der Waals surface area contributed by atoms with Gasteiger partial charge in [-0.1, -0.05) is 18.2 Å². The number of hydrazine groups is 2. The number of anilines is 2. The highest BCUT2D eigenvalue weighted by Gasteiger charge is 2.14. The predicted octanol–water partition coefficient (Wildman–Crippen LogP) is 3.64. The highest BCUT2D eigenvalue weighted by Crippen LogP contribution is 2.35. The van der Waals surface area contributed by atoms with Crippen molar-refractivity contribution in [2.24, 2.45) is 5.10 Å². The molecular formula is C21H18N6O2S. The van der Waals surface area contributed by atoms with E-state index in [1.54, 1.807) is 30.4 Å². The van der Waals surface area contributed by atoms with E-state index in [-0.39, 0.29) is 5.97 Å². The van der Waals surface area contributed by atoms with Crippen molar-refractivity contribution in [3.63, 3.8) is 0 Å². The lowest BCUT2D eigenvalue weighted by molar-refractivity contribution is 0.0526. The molecule has 4 N–H and O–H groups in total. The lowest BCUT2D eigenvalue weighted by Gasteiger charge is -2.11. The number of ether oxygens (including phenoxy) is 1. The zero-order valence-electron chi connectivity index (χ0n) is 16.0. The predicted molar refractivity (Wildman–Crippen MR) is 119 cm³/mol. The van der Waals surface area contributed by atoms with Crippen molar-refractivity contribution in [1.29, 1.82) is 0 Å². The maximum Gasteiger partial charge on any atom is 0.338 e. The fraction of sp³-hybridized carbons (Fsp3) is 0.0952. The van der Waals surface area contributed by atoms with Gasteiger partial charge in [-0.3, -0.25) is 5.43 Å². The summed E-state index contributed by atoms with van der Waals surface area (Å²) >= 11 is 1.67. The molecule has 0 bridgehead atoms. The third-order valence-electron chi connectivity index (χ3n) is 4.71. The van der Waals surface area contributed by atoms with Crippen molar-refractivity contribution < 1.29 is 9.53 Å². The van der Waals surface area contributed by atoms with E-state index >= 15 is 0 Å². The largest absolute Gasteiger partial charge is 0.462 e. The quantitative estimate of drug-likeness (QED) is 0.367. The molecule has 0 fully saturated rings. The minimum Gasteiger partial charge on any atom is -0.462 e. The Bertz CT molecular complexity index is 1300. The molecule has 1 aliphatic rings. The number of benzene rings is 2. The maximum atomic E-state index is 12.1. The van der Waals surface area contributed by atoms with Gasteiger partial charge in [-0.15, -0.1) is 22.0 Å². The third kappa shape index (κ3) is 3.30. The number of rotatable bonds is 5. The van der Waals surface area contributed by atoms with Crippen LogP contribution in [0.1, 0.15) is 22.8 Å². The smallest absolute Gasteiger partial charge is 0.338 e. The molecule has 9 heteroatoms. The Hall–Kier alpha value is -3.69. The van der Waals surface area contributed by atoms with Gasteiger partial charge in [0.25, 0.3) is 0 Å². The first kappa shape index (κ1) is 18.3. The standard InChI is InChI=1S/C21H18N6O2S/c1-2-29-21(28)13-4-3-5-14(10-13)22-20-16-8-9-30-18(16)15-7-6-12(11-17(15)23-20)19-24-26-27-25-19/h3-11,26-27H,2H2,1H3,(H,22,23)(H,24,25). The molecule has 0 spiro atoms. The number of hydrogen-bond acceptors (Lipinski definition) is 9. The number of carbonyl (C=O) groups is 1. The molecule has 1 aliphatic heterocycles. The van der Waals surface area contributed by atoms with Crippen molar-refractivity contribution in [2.75, 3.05) is 11.9 Å². The first-order chi connectivity index (χ1) is 14.7. The van der Waals surface area contributed by atoms with Crippen molar-refractivity contribution in [3.8, 4) is 0 Å². The van der Waals surface area contributed by atoms with E-state index in [1.165, 1.54) is 0 Å². The van der Waals surface area contributed by atoms with Gasteiger partial charge in [0.2, 0.25) is 0 Å². The number of esters is 1. The number of aromatic nitrogens is 1. The number of hydrazone groups is 1. The molecule has 0 amide bonds. The summed E-state index contributed by atoms with van der Waals surface area (Å²) < 4.78 is 6.25. The molecule has 0 atom stereocenters. The van der Waals surface area contributed by atoms with Gasteiger partial charge in [0.1, 0.15) is 5.82 Å². The van der Waals surface area contributed by atoms with Crippen LogP contribution in [0.5, 0.6) is 0 Å². The van der Waals surface area contributed by atoms with Crippen LogP contribution in [0.4, 0.5) is 11.5 Å². The fourth-order valence-electron chi connectivity index (χ4n) is 3.35. The van der Waals surface area contributed by atoms with Crippen molar-refractivity contribution in [1.82, 2.24) is 21.5 Å². The summed E-state index contributed by atoms with van der Waals surface area (Å²) in [5.41, 5.74) is 11.4. The van der Waals surface area contributed by atoms with Gasteiger partial charge in [0.05, 0.1) is 17.7 Å². The normalized spacial score (nSPS) is 13.0. The molecule has 2 aromatic heterocycles. The summed E-state index contributed by atoms with van der Waals surface area (Å²) in [6.07, 6.45) is 0. The zero-order chi connectivity index (χ0) is 20.5. The zero-order valence-corrected chi connectivity index (χ0v) is 16.8. The number of pyridine rings is 1. The van der Waals surface area contributed by atoms with Gasteiger partial charge in [0, 0.05) is 26.7 Å². The van der Waals surface area contributed by atoms with E-state index < -0.39 is 0 Å². The summed E-state index contributed by atoms with van der Waals surface area (Å²) in [6, 6.07) is 15.3. The average Bonchev–Trinajstić information content (AvgIpc) is 3.46. The second-order valence-corrected chi connectivity index (χ2v) is 7.52. The average molecular weight is 418 g/mol. The van der Waals surface area contributed by atoms with Gasteiger partial charge in [-0.25, -0.2) is 15.3 Å². The molecule has 4 aromatic rings. The van der Waals surface area contributed by atoms with Crippen LogP contribution in [0.25, 0.3) is 21.0 Å². The summed E-state index contributed by atoms with van der Waals surface area (Å²) in [5, 5.41) is 11.7. The number of hydrogen-bond donors (Lipinski definition) is 4. The van der Waals surface area contributed by atoms with Crippen LogP contribution in [0.3, 0.4) is 0 Å². The van der Waals surface area contributed by atoms with E-state index in [0.29, 0.717) is 18.0 Å². The second kappa shape index (κ2) is 7.62. The third-order valence-corrected chi connectivity index (χ3v) is 5.66. The number of nitrogens with zero attached hydrogens (tertiary/aromatic N) is 2. The molecule has 2 aromatic carbocycles. The minimum absolute atomic E-state index is 0.339. The van der Waals surface area contributed by atoms with Crippen LogP contribution in [0.15, 0.2) is 59.0 Å². The summed E-state index contributed by atoms with van der Waals surface area (Å²) in [5.74, 6) is 1.08. The molecule has 8 nitrogen and oxygen atoms in total. The maximum absolute atomic E-state index is 12.1. The monoisotopic (exact) mass is 418 g/mol. The van der Waals surface area contributed by atoms with Gasteiger partial charge >= 0.3 is 5.97 Å². The van der Waals surface area contributed by atoms with Crippen LogP contribution in [-0.2, 0) is 4.74 Å². The first-order valence-corrected chi connectivity index (χ1v) is 10.3. The molecule has 0 radical (unpaired) electrons. The number of nitrogens with one attached hydrogen (secondary N) is 4. The molecule has 150 valence electrons. The van der Waals surface area contributed by atoms with E-state index in [1.807, 2.05) is 30.3 Å². The summed E-state index contributed by atoms with van der Waals surface area (Å²) in [6.45, 7) is 2.13. The van der Waals surface area contributed by atoms with Crippen molar-refractivity contribution in [3.05, 3.63) is 65.0 Å². The van der Waals surface area contributed by atoms with Crippen molar-refractivity contribution in [2.45, 2.75) is 6.92 Å². The number of carbonyl (C=O) groups excluding carboxylic acids is 1. The molecule has 3 heterocycles. The van der Waals surface area contributed by atoms with Crippen LogP contribution in [-0.4, -0.2) is 23.4 Å². The Morgan fingerprint density at radius 1 is 1.17 bits per heavy atom. The van der Waals surface area contributed by atoms with Crippen LogP contribution in [0.2, 0.25) is 0 Å². The summed E-state index contributed by atoms with van der Waals surface area (Å²) in [4.78, 5) is 16.9. The van der Waals surface area contributed by atoms with Crippen molar-refractivity contribution >= 4 is 55.6 Å². The molecule has 0 unspecified atom stereocenters. The minimum atomic E-state index is -0.343. The Labute approximate surface area is 175 Å². The van der Waals surface area contributed by atoms with Gasteiger partial charge in [0.15, 0.2) is 5.84 Å². The summed E-state index contributed by atoms with van der Waals surface area (Å²) in [7, 11) is 0. The topological polar surface area (TPSA) is 99.7 Å². The molecule has 0 aliphatic carbocycles. The number of fused-ring (bicyclic) bond motifs is 3. The van der Waals surface area contributed by atoms with Crippen LogP contribution >= 0.6 is 11.3 Å². The Kier molecular flexibility index (Phi) is 4.66. The molecular weight excluding hydrogens is 400 g/mol. The molecule has 0 saturated heterocycles. The Balaban J connectivity index is 1.57. The highest BCUT2D eigenvalue weighted by molar-refractivity contribution is 7.18. The Morgan fingerprint density at radius 2 is 2.10 bits per heavy atom. The Morgan fingerprint density at radius 3 is 2.93 bits per heavy atom. The first-order valence-electron chi connectivity index (χ1n) is 9.42. The molecule has 30 heavy (non-hydrogen) atoms. The molecule has 5 rings (SSSR count). The van der Waals surface area contributed by atoms with Gasteiger partial charge < -0.3 is 10.1 Å². The number of thiophene rings is 1. The second-order valence-electron chi connectivity index (χ2n) is 6.60. The fourth-order valence-corrected chi connectivity index (χ4v) is 4.29.